The molecule has 1 heterocycles. The van der Waals surface area contributed by atoms with Crippen LogP contribution in [0.5, 0.6) is 0 Å². The van der Waals surface area contributed by atoms with Crippen molar-refractivity contribution in [1.29, 1.82) is 0 Å². The Labute approximate surface area is 131 Å². The Balaban J connectivity index is 0.00000220. The van der Waals surface area contributed by atoms with E-state index in [1.54, 1.807) is 13.1 Å². The quantitative estimate of drug-likeness (QED) is 0.858. The van der Waals surface area contributed by atoms with E-state index in [0.29, 0.717) is 6.61 Å². The van der Waals surface area contributed by atoms with Crippen LogP contribution in [0, 0.1) is 13.8 Å². The zero-order valence-electron chi connectivity index (χ0n) is 12.8. The predicted molar refractivity (Wildman–Crippen MR) is 85.3 cm³/mol. The SMILES string of the molecule is CCOC(=O)n1cnc([C@@H](C)c2cccc(C)c2C)c1.Cl. The van der Waals surface area contributed by atoms with Crippen molar-refractivity contribution in [3.63, 3.8) is 0 Å². The third-order valence-electron chi connectivity index (χ3n) is 3.64. The van der Waals surface area contributed by atoms with Gasteiger partial charge in [-0.3, -0.25) is 0 Å². The fourth-order valence-corrected chi connectivity index (χ4v) is 2.26. The van der Waals surface area contributed by atoms with Crippen molar-refractivity contribution in [1.82, 2.24) is 9.55 Å². The van der Waals surface area contributed by atoms with Gasteiger partial charge in [0.2, 0.25) is 0 Å². The van der Waals surface area contributed by atoms with E-state index in [1.165, 1.54) is 27.6 Å². The maximum absolute atomic E-state index is 11.6. The molecule has 0 saturated heterocycles. The number of hydrogen-bond donors (Lipinski definition) is 0. The van der Waals surface area contributed by atoms with Crippen LogP contribution in [0.1, 0.15) is 42.1 Å². The summed E-state index contributed by atoms with van der Waals surface area (Å²) in [6.07, 6.45) is 2.86. The average molecular weight is 309 g/mol. The molecule has 114 valence electrons. The molecule has 2 aromatic rings. The van der Waals surface area contributed by atoms with E-state index < -0.39 is 0 Å². The maximum Gasteiger partial charge on any atom is 0.419 e. The van der Waals surface area contributed by atoms with E-state index in [2.05, 4.69) is 44.0 Å². The molecule has 21 heavy (non-hydrogen) atoms. The van der Waals surface area contributed by atoms with Crippen molar-refractivity contribution in [2.75, 3.05) is 6.61 Å². The Bertz CT molecular complexity index is 622. The van der Waals surface area contributed by atoms with E-state index in [4.69, 9.17) is 4.74 Å². The molecule has 0 aliphatic heterocycles. The number of imidazole rings is 1. The lowest BCUT2D eigenvalue weighted by atomic mass is 9.92. The molecule has 1 aromatic carbocycles. The zero-order valence-corrected chi connectivity index (χ0v) is 13.6. The molecule has 0 aliphatic rings. The summed E-state index contributed by atoms with van der Waals surface area (Å²) in [5, 5.41) is 0. The first-order chi connectivity index (χ1) is 9.54. The third-order valence-corrected chi connectivity index (χ3v) is 3.64. The minimum Gasteiger partial charge on any atom is -0.449 e. The van der Waals surface area contributed by atoms with E-state index in [-0.39, 0.29) is 24.4 Å². The predicted octanol–water partition coefficient (Wildman–Crippen LogP) is 4.08. The summed E-state index contributed by atoms with van der Waals surface area (Å²) in [6, 6.07) is 6.26. The molecular formula is C16H21ClN2O2. The van der Waals surface area contributed by atoms with Crippen molar-refractivity contribution in [2.24, 2.45) is 0 Å². The van der Waals surface area contributed by atoms with Gasteiger partial charge in [0.05, 0.1) is 12.3 Å². The lowest BCUT2D eigenvalue weighted by Gasteiger charge is -2.14. The topological polar surface area (TPSA) is 44.1 Å². The van der Waals surface area contributed by atoms with Gasteiger partial charge < -0.3 is 4.74 Å². The molecule has 0 bridgehead atoms. The molecule has 0 fully saturated rings. The van der Waals surface area contributed by atoms with Crippen molar-refractivity contribution in [3.05, 3.63) is 53.1 Å². The lowest BCUT2D eigenvalue weighted by Crippen LogP contribution is -2.11. The van der Waals surface area contributed by atoms with E-state index in [1.807, 2.05) is 0 Å². The van der Waals surface area contributed by atoms with Gasteiger partial charge in [0.25, 0.3) is 0 Å². The first-order valence-electron chi connectivity index (χ1n) is 6.81. The molecule has 0 N–H and O–H groups in total. The summed E-state index contributed by atoms with van der Waals surface area (Å²) in [4.78, 5) is 16.0. The van der Waals surface area contributed by atoms with Crippen LogP contribution in [0.15, 0.2) is 30.7 Å². The van der Waals surface area contributed by atoms with Gasteiger partial charge in [-0.05, 0) is 37.5 Å². The summed E-state index contributed by atoms with van der Waals surface area (Å²) < 4.78 is 6.34. The first-order valence-corrected chi connectivity index (χ1v) is 6.81. The largest absolute Gasteiger partial charge is 0.449 e. The van der Waals surface area contributed by atoms with Crippen LogP contribution in [0.2, 0.25) is 0 Å². The van der Waals surface area contributed by atoms with Gasteiger partial charge in [0.1, 0.15) is 6.33 Å². The highest BCUT2D eigenvalue weighted by Gasteiger charge is 2.16. The molecule has 0 unspecified atom stereocenters. The van der Waals surface area contributed by atoms with Gasteiger partial charge in [0.15, 0.2) is 0 Å². The highest BCUT2D eigenvalue weighted by Crippen LogP contribution is 2.27. The molecule has 0 spiro atoms. The zero-order chi connectivity index (χ0) is 14.7. The summed E-state index contributed by atoms with van der Waals surface area (Å²) in [5.41, 5.74) is 4.63. The highest BCUT2D eigenvalue weighted by molar-refractivity contribution is 5.85. The number of aryl methyl sites for hydroxylation is 1. The molecule has 0 radical (unpaired) electrons. The molecule has 0 saturated carbocycles. The molecule has 1 atom stereocenters. The van der Waals surface area contributed by atoms with E-state index >= 15 is 0 Å². The molecule has 1 aromatic heterocycles. The van der Waals surface area contributed by atoms with Crippen LogP contribution >= 0.6 is 12.4 Å². The molecule has 4 nitrogen and oxygen atoms in total. The van der Waals surface area contributed by atoms with Crippen LogP contribution in [-0.4, -0.2) is 22.3 Å². The Hall–Kier alpha value is -1.81. The fraction of sp³-hybridized carbons (Fsp3) is 0.375. The summed E-state index contributed by atoms with van der Waals surface area (Å²) in [6.45, 7) is 8.46. The normalized spacial score (nSPS) is 11.6. The van der Waals surface area contributed by atoms with Crippen LogP contribution < -0.4 is 0 Å². The second-order valence-electron chi connectivity index (χ2n) is 4.92. The van der Waals surface area contributed by atoms with Crippen molar-refractivity contribution in [2.45, 2.75) is 33.6 Å². The highest BCUT2D eigenvalue weighted by atomic mass is 35.5. The average Bonchev–Trinajstić information content (AvgIpc) is 2.91. The summed E-state index contributed by atoms with van der Waals surface area (Å²) in [5.74, 6) is 0.144. The standard InChI is InChI=1S/C16H20N2O2.ClH/c1-5-20-16(19)18-9-15(17-10-18)13(4)14-8-6-7-11(2)12(14)3;/h6-10,13H,5H2,1-4H3;1H/t13-;/m0./s1. The maximum atomic E-state index is 11.6. The van der Waals surface area contributed by atoms with Gasteiger partial charge in [-0.15, -0.1) is 12.4 Å². The number of aromatic nitrogens is 2. The molecule has 5 heteroatoms. The Morgan fingerprint density at radius 1 is 1.38 bits per heavy atom. The second-order valence-corrected chi connectivity index (χ2v) is 4.92. The minimum atomic E-state index is -0.389. The summed E-state index contributed by atoms with van der Waals surface area (Å²) in [7, 11) is 0. The number of hydrogen-bond acceptors (Lipinski definition) is 3. The van der Waals surface area contributed by atoms with Gasteiger partial charge in [0, 0.05) is 12.1 Å². The third kappa shape index (κ3) is 3.64. The molecule has 2 rings (SSSR count). The first kappa shape index (κ1) is 17.2. The Morgan fingerprint density at radius 3 is 2.76 bits per heavy atom. The Kier molecular flexibility index (Phi) is 5.97. The van der Waals surface area contributed by atoms with Gasteiger partial charge >= 0.3 is 6.09 Å². The second kappa shape index (κ2) is 7.27. The van der Waals surface area contributed by atoms with Gasteiger partial charge in [-0.1, -0.05) is 25.1 Å². The number of carbonyl (C=O) groups is 1. The monoisotopic (exact) mass is 308 g/mol. The van der Waals surface area contributed by atoms with E-state index in [9.17, 15) is 4.79 Å². The molecule has 0 aliphatic carbocycles. The smallest absolute Gasteiger partial charge is 0.419 e. The Morgan fingerprint density at radius 2 is 2.10 bits per heavy atom. The van der Waals surface area contributed by atoms with Gasteiger partial charge in [-0.25, -0.2) is 14.3 Å². The number of benzene rings is 1. The number of carbonyl (C=O) groups excluding carboxylic acids is 1. The van der Waals surface area contributed by atoms with E-state index in [0.717, 1.165) is 5.69 Å². The summed E-state index contributed by atoms with van der Waals surface area (Å²) >= 11 is 0. The van der Waals surface area contributed by atoms with Crippen LogP contribution in [-0.2, 0) is 4.74 Å². The minimum absolute atomic E-state index is 0. The number of rotatable bonds is 3. The number of ether oxygens (including phenoxy) is 1. The molecular weight excluding hydrogens is 288 g/mol. The van der Waals surface area contributed by atoms with Crippen LogP contribution in [0.25, 0.3) is 0 Å². The van der Waals surface area contributed by atoms with Crippen molar-refractivity contribution in [3.8, 4) is 0 Å². The van der Waals surface area contributed by atoms with Crippen molar-refractivity contribution >= 4 is 18.5 Å². The van der Waals surface area contributed by atoms with Crippen LogP contribution in [0.4, 0.5) is 4.79 Å². The molecule has 0 amide bonds. The number of halogens is 1. The fourth-order valence-electron chi connectivity index (χ4n) is 2.26. The van der Waals surface area contributed by atoms with Crippen molar-refractivity contribution < 1.29 is 9.53 Å². The van der Waals surface area contributed by atoms with Gasteiger partial charge in [-0.2, -0.15) is 0 Å². The lowest BCUT2D eigenvalue weighted by molar-refractivity contribution is 0.154. The number of nitrogens with zero attached hydrogens (tertiary/aromatic N) is 2. The van der Waals surface area contributed by atoms with Crippen LogP contribution in [0.3, 0.4) is 0 Å².